The first-order chi connectivity index (χ1) is 9.97. The summed E-state index contributed by atoms with van der Waals surface area (Å²) in [5.41, 5.74) is 3.55. The number of carbonyl (C=O) groups is 1. The molecule has 112 valence electrons. The summed E-state index contributed by atoms with van der Waals surface area (Å²) in [6.45, 7) is 6.49. The average Bonchev–Trinajstić information content (AvgIpc) is 2.77. The van der Waals surface area contributed by atoms with Gasteiger partial charge >= 0.3 is 6.09 Å². The molecule has 0 saturated carbocycles. The van der Waals surface area contributed by atoms with Crippen LogP contribution in [0.5, 0.6) is 0 Å². The fourth-order valence-corrected chi connectivity index (χ4v) is 3.33. The number of hydrogen-bond donors (Lipinski definition) is 1. The van der Waals surface area contributed by atoms with Crippen LogP contribution in [0.1, 0.15) is 38.1 Å². The summed E-state index contributed by atoms with van der Waals surface area (Å²) in [6, 6.07) is 6.24. The van der Waals surface area contributed by atoms with Gasteiger partial charge in [-0.25, -0.2) is 4.79 Å². The van der Waals surface area contributed by atoms with Crippen LogP contribution in [0.4, 0.5) is 4.79 Å². The lowest BCUT2D eigenvalue weighted by Crippen LogP contribution is -2.40. The third-order valence-electron chi connectivity index (χ3n) is 3.96. The lowest BCUT2D eigenvalue weighted by molar-refractivity contribution is 0.0626. The van der Waals surface area contributed by atoms with Gasteiger partial charge in [0.2, 0.25) is 0 Å². The van der Waals surface area contributed by atoms with Crippen LogP contribution in [0, 0.1) is 0 Å². The van der Waals surface area contributed by atoms with E-state index in [-0.39, 0.29) is 18.2 Å². The second-order valence-corrected chi connectivity index (χ2v) is 6.67. The highest BCUT2D eigenvalue weighted by Gasteiger charge is 2.31. The largest absolute Gasteiger partial charge is 0.447 e. The maximum absolute atomic E-state index is 12.2. The van der Waals surface area contributed by atoms with E-state index in [1.54, 1.807) is 4.90 Å². The topological polar surface area (TPSA) is 45.3 Å². The number of aromatic nitrogens is 1. The molecule has 0 spiro atoms. The maximum Gasteiger partial charge on any atom is 0.410 e. The number of aromatic amines is 1. The standard InChI is InChI=1S/C16H19BrN2O2/c1-9(2)21-16(20)19-7-6-12-13-8-11(17)4-5-14(13)18-15(12)10(19)3/h4-5,8-10,18H,6-7H2,1-3H3. The first kappa shape index (κ1) is 14.4. The van der Waals surface area contributed by atoms with Gasteiger partial charge in [0.05, 0.1) is 12.1 Å². The third kappa shape index (κ3) is 2.55. The summed E-state index contributed by atoms with van der Waals surface area (Å²) in [6.07, 6.45) is 0.524. The fraction of sp³-hybridized carbons (Fsp3) is 0.438. The summed E-state index contributed by atoms with van der Waals surface area (Å²) in [4.78, 5) is 17.4. The van der Waals surface area contributed by atoms with E-state index < -0.39 is 0 Å². The number of carbonyl (C=O) groups excluding carboxylic acids is 1. The molecule has 21 heavy (non-hydrogen) atoms. The molecule has 1 aliphatic rings. The smallest absolute Gasteiger partial charge is 0.410 e. The molecule has 1 unspecified atom stereocenters. The summed E-state index contributed by atoms with van der Waals surface area (Å²) in [5.74, 6) is 0. The number of halogens is 1. The van der Waals surface area contributed by atoms with Crippen LogP contribution in [0.25, 0.3) is 10.9 Å². The SMILES string of the molecule is CC(C)OC(=O)N1CCc2c([nH]c3ccc(Br)cc23)C1C. The molecule has 1 aliphatic heterocycles. The van der Waals surface area contributed by atoms with Gasteiger partial charge in [-0.1, -0.05) is 15.9 Å². The molecule has 3 rings (SSSR count). The Balaban J connectivity index is 1.97. The van der Waals surface area contributed by atoms with Crippen molar-refractivity contribution in [1.29, 1.82) is 0 Å². The van der Waals surface area contributed by atoms with Gasteiger partial charge < -0.3 is 9.72 Å². The predicted octanol–water partition coefficient (Wildman–Crippen LogP) is 4.39. The number of nitrogens with one attached hydrogen (secondary N) is 1. The van der Waals surface area contributed by atoms with Gasteiger partial charge in [0.1, 0.15) is 0 Å². The van der Waals surface area contributed by atoms with Crippen LogP contribution in [0.3, 0.4) is 0 Å². The zero-order valence-electron chi connectivity index (χ0n) is 12.4. The molecular weight excluding hydrogens is 332 g/mol. The van der Waals surface area contributed by atoms with Crippen LogP contribution in [-0.4, -0.2) is 28.6 Å². The first-order valence-corrected chi connectivity index (χ1v) is 8.04. The highest BCUT2D eigenvalue weighted by atomic mass is 79.9. The van der Waals surface area contributed by atoms with Crippen LogP contribution >= 0.6 is 15.9 Å². The van der Waals surface area contributed by atoms with Crippen molar-refractivity contribution in [3.8, 4) is 0 Å². The number of amides is 1. The molecule has 0 fully saturated rings. The zero-order valence-corrected chi connectivity index (χ0v) is 14.0. The predicted molar refractivity (Wildman–Crippen MR) is 86.4 cm³/mol. The minimum Gasteiger partial charge on any atom is -0.447 e. The highest BCUT2D eigenvalue weighted by molar-refractivity contribution is 9.10. The second kappa shape index (κ2) is 5.37. The van der Waals surface area contributed by atoms with Crippen molar-refractivity contribution >= 4 is 32.9 Å². The van der Waals surface area contributed by atoms with Gasteiger partial charge in [-0.2, -0.15) is 0 Å². The summed E-state index contributed by atoms with van der Waals surface area (Å²) in [7, 11) is 0. The van der Waals surface area contributed by atoms with Crippen molar-refractivity contribution < 1.29 is 9.53 Å². The quantitative estimate of drug-likeness (QED) is 0.828. The number of H-pyrrole nitrogens is 1. The first-order valence-electron chi connectivity index (χ1n) is 7.24. The number of ether oxygens (including phenoxy) is 1. The molecule has 1 aromatic carbocycles. The molecule has 0 bridgehead atoms. The van der Waals surface area contributed by atoms with Gasteiger partial charge in [-0.15, -0.1) is 0 Å². The molecule has 2 aromatic rings. The van der Waals surface area contributed by atoms with Crippen LogP contribution in [-0.2, 0) is 11.2 Å². The van der Waals surface area contributed by atoms with E-state index in [0.29, 0.717) is 6.54 Å². The summed E-state index contributed by atoms with van der Waals surface area (Å²) < 4.78 is 6.41. The van der Waals surface area contributed by atoms with Crippen LogP contribution in [0.15, 0.2) is 22.7 Å². The van der Waals surface area contributed by atoms with Crippen molar-refractivity contribution in [2.75, 3.05) is 6.54 Å². The molecule has 1 atom stereocenters. The van der Waals surface area contributed by atoms with Crippen molar-refractivity contribution in [1.82, 2.24) is 9.88 Å². The third-order valence-corrected chi connectivity index (χ3v) is 4.45. The Bertz CT molecular complexity index is 693. The Morgan fingerprint density at radius 1 is 1.48 bits per heavy atom. The molecule has 0 radical (unpaired) electrons. The van der Waals surface area contributed by atoms with Crippen molar-refractivity contribution in [3.05, 3.63) is 33.9 Å². The van der Waals surface area contributed by atoms with Gasteiger partial charge in [0.25, 0.3) is 0 Å². The number of hydrogen-bond acceptors (Lipinski definition) is 2. The van der Waals surface area contributed by atoms with Crippen molar-refractivity contribution in [3.63, 3.8) is 0 Å². The van der Waals surface area contributed by atoms with E-state index in [2.05, 4.69) is 33.0 Å². The molecular formula is C16H19BrN2O2. The van der Waals surface area contributed by atoms with E-state index in [1.165, 1.54) is 10.9 Å². The van der Waals surface area contributed by atoms with Crippen molar-refractivity contribution in [2.45, 2.75) is 39.3 Å². The molecule has 5 heteroatoms. The molecule has 1 amide bonds. The Hall–Kier alpha value is -1.49. The Morgan fingerprint density at radius 3 is 2.95 bits per heavy atom. The van der Waals surface area contributed by atoms with Gasteiger partial charge in [0.15, 0.2) is 0 Å². The molecule has 0 aliphatic carbocycles. The zero-order chi connectivity index (χ0) is 15.1. The summed E-state index contributed by atoms with van der Waals surface area (Å²) >= 11 is 3.52. The minimum atomic E-state index is -0.233. The highest BCUT2D eigenvalue weighted by Crippen LogP contribution is 2.35. The molecule has 1 aromatic heterocycles. The van der Waals surface area contributed by atoms with Gasteiger partial charge in [0, 0.05) is 27.6 Å². The van der Waals surface area contributed by atoms with E-state index in [9.17, 15) is 4.79 Å². The Kier molecular flexibility index (Phi) is 3.69. The average molecular weight is 351 g/mol. The van der Waals surface area contributed by atoms with Gasteiger partial charge in [-0.05, 0) is 51.0 Å². The number of fused-ring (bicyclic) bond motifs is 3. The molecule has 2 heterocycles. The Morgan fingerprint density at radius 2 is 2.24 bits per heavy atom. The fourth-order valence-electron chi connectivity index (χ4n) is 2.97. The maximum atomic E-state index is 12.2. The summed E-state index contributed by atoms with van der Waals surface area (Å²) in [5, 5.41) is 1.24. The van der Waals surface area contributed by atoms with E-state index in [0.717, 1.165) is 22.1 Å². The molecule has 0 saturated heterocycles. The lowest BCUT2D eigenvalue weighted by atomic mass is 9.99. The normalized spacial score (nSPS) is 18.1. The Labute approximate surface area is 132 Å². The number of nitrogens with zero attached hydrogens (tertiary/aromatic N) is 1. The van der Waals surface area contributed by atoms with Crippen LogP contribution < -0.4 is 0 Å². The molecule has 4 nitrogen and oxygen atoms in total. The van der Waals surface area contributed by atoms with E-state index >= 15 is 0 Å². The van der Waals surface area contributed by atoms with E-state index in [4.69, 9.17) is 4.74 Å². The monoisotopic (exact) mass is 350 g/mol. The number of benzene rings is 1. The molecule has 1 N–H and O–H groups in total. The van der Waals surface area contributed by atoms with E-state index in [1.807, 2.05) is 26.8 Å². The second-order valence-electron chi connectivity index (χ2n) is 5.76. The number of rotatable bonds is 1. The van der Waals surface area contributed by atoms with Crippen molar-refractivity contribution in [2.24, 2.45) is 0 Å². The van der Waals surface area contributed by atoms with Crippen LogP contribution in [0.2, 0.25) is 0 Å². The lowest BCUT2D eigenvalue weighted by Gasteiger charge is -2.33. The minimum absolute atomic E-state index is 0.00572. The van der Waals surface area contributed by atoms with Gasteiger partial charge in [-0.3, -0.25) is 4.90 Å².